The minimum absolute atomic E-state index is 0.0845. The average Bonchev–Trinajstić information content (AvgIpc) is 3.67. The van der Waals surface area contributed by atoms with Crippen molar-refractivity contribution in [3.63, 3.8) is 0 Å². The molecule has 0 spiro atoms. The number of likely N-dealkylation sites (tertiary alicyclic amines) is 1. The summed E-state index contributed by atoms with van der Waals surface area (Å²) >= 11 is 0. The van der Waals surface area contributed by atoms with E-state index in [0.29, 0.717) is 25.9 Å². The Morgan fingerprint density at radius 1 is 0.898 bits per heavy atom. The first kappa shape index (κ1) is 38.8. The van der Waals surface area contributed by atoms with Crippen LogP contribution in [0.25, 0.3) is 0 Å². The summed E-state index contributed by atoms with van der Waals surface area (Å²) in [7, 11) is -3.38. The number of carbonyl (C=O) groups excluding carboxylic acids is 5. The number of sulfonamides is 1. The fraction of sp³-hybridized carbons (Fsp3) is 0.800. The fourth-order valence-electron chi connectivity index (χ4n) is 7.61. The van der Waals surface area contributed by atoms with Crippen molar-refractivity contribution in [2.24, 2.45) is 28.6 Å². The SMILES string of the molecule is C=CCNC(=O)C(=O)C(CC1CCC1)NC(=O)[C@@H]1[C@H]2CCC[C@H]2CN1C(=O)[C@@H](NC(=O)N[C@H](CN1CCCS1(=O)=O)C(C)(C)C)C(C)(C)C. The lowest BCUT2D eigenvalue weighted by Crippen LogP contribution is -2.62. The monoisotopic (exact) mass is 706 g/mol. The van der Waals surface area contributed by atoms with Crippen LogP contribution in [0.4, 0.5) is 4.79 Å². The molecular weight excluding hydrogens is 648 g/mol. The minimum Gasteiger partial charge on any atom is -0.346 e. The standard InChI is InChI=1S/C35H58N6O7S/c1-8-16-36-31(44)28(42)25(19-22-12-9-13-22)37-30(43)27-24-15-10-14-23(24)20-41(27)32(45)29(35(5,6)7)39-33(46)38-26(34(2,3)4)21-40-17-11-18-49(40,47)48/h8,22-27,29H,1,9-21H2,2-7H3,(H,36,44)(H,37,43)(H2,38,39,46)/t23-,24-,25?,26+,27-,29+/m0/s1. The lowest BCUT2D eigenvalue weighted by atomic mass is 9.80. The van der Waals surface area contributed by atoms with E-state index < -0.39 is 74.6 Å². The summed E-state index contributed by atoms with van der Waals surface area (Å²) in [6.07, 6.45) is 7.84. The van der Waals surface area contributed by atoms with Crippen LogP contribution in [0.15, 0.2) is 12.7 Å². The van der Waals surface area contributed by atoms with Crippen molar-refractivity contribution >= 4 is 39.6 Å². The first-order valence-corrected chi connectivity index (χ1v) is 19.5. The molecule has 2 aliphatic heterocycles. The predicted octanol–water partition coefficient (Wildman–Crippen LogP) is 2.32. The van der Waals surface area contributed by atoms with E-state index >= 15 is 0 Å². The summed E-state index contributed by atoms with van der Waals surface area (Å²) in [4.78, 5) is 69.7. The molecule has 0 aromatic rings. The molecule has 2 aliphatic carbocycles. The third-order valence-corrected chi connectivity index (χ3v) is 12.8. The maximum Gasteiger partial charge on any atom is 0.315 e. The second-order valence-corrected chi connectivity index (χ2v) is 18.7. The molecule has 1 unspecified atom stereocenters. The van der Waals surface area contributed by atoms with Gasteiger partial charge in [0, 0.05) is 32.2 Å². The summed E-state index contributed by atoms with van der Waals surface area (Å²) in [5.41, 5.74) is -1.23. The summed E-state index contributed by atoms with van der Waals surface area (Å²) < 4.78 is 26.5. The highest BCUT2D eigenvalue weighted by Gasteiger charge is 2.52. The van der Waals surface area contributed by atoms with E-state index in [1.165, 1.54) is 10.4 Å². The number of fused-ring (bicyclic) bond motifs is 1. The Bertz CT molecular complexity index is 1380. The highest BCUT2D eigenvalue weighted by atomic mass is 32.2. The third kappa shape index (κ3) is 9.42. The van der Waals surface area contributed by atoms with Gasteiger partial charge in [0.05, 0.1) is 11.8 Å². The van der Waals surface area contributed by atoms with Crippen molar-refractivity contribution in [1.82, 2.24) is 30.5 Å². The molecule has 13 nitrogen and oxygen atoms in total. The van der Waals surface area contributed by atoms with Crippen LogP contribution in [-0.2, 0) is 29.2 Å². The number of hydrogen-bond acceptors (Lipinski definition) is 7. The van der Waals surface area contributed by atoms with Crippen molar-refractivity contribution in [2.75, 3.05) is 31.9 Å². The van der Waals surface area contributed by atoms with Gasteiger partial charge in [-0.05, 0) is 54.3 Å². The van der Waals surface area contributed by atoms with E-state index in [9.17, 15) is 32.4 Å². The van der Waals surface area contributed by atoms with Gasteiger partial charge in [0.15, 0.2) is 0 Å². The van der Waals surface area contributed by atoms with E-state index in [4.69, 9.17) is 0 Å². The van der Waals surface area contributed by atoms with Gasteiger partial charge in [-0.3, -0.25) is 19.2 Å². The van der Waals surface area contributed by atoms with Crippen LogP contribution in [0.3, 0.4) is 0 Å². The average molecular weight is 707 g/mol. The topological polar surface area (TPSA) is 174 Å². The first-order valence-electron chi connectivity index (χ1n) is 17.9. The van der Waals surface area contributed by atoms with Crippen LogP contribution in [0.1, 0.15) is 92.9 Å². The van der Waals surface area contributed by atoms with Crippen molar-refractivity contribution in [3.05, 3.63) is 12.7 Å². The van der Waals surface area contributed by atoms with Crippen molar-refractivity contribution in [2.45, 2.75) is 117 Å². The lowest BCUT2D eigenvalue weighted by molar-refractivity contribution is -0.144. The third-order valence-electron chi connectivity index (χ3n) is 10.8. The molecule has 0 aromatic carbocycles. The van der Waals surface area contributed by atoms with Gasteiger partial charge in [-0.1, -0.05) is 73.3 Å². The number of rotatable bonds is 13. The molecule has 6 atom stereocenters. The van der Waals surface area contributed by atoms with Crippen molar-refractivity contribution in [3.8, 4) is 0 Å². The molecule has 2 saturated heterocycles. The van der Waals surface area contributed by atoms with Gasteiger partial charge in [-0.25, -0.2) is 13.2 Å². The Morgan fingerprint density at radius 2 is 1.57 bits per heavy atom. The molecular formula is C35H58N6O7S. The summed E-state index contributed by atoms with van der Waals surface area (Å²) in [5, 5.41) is 11.3. The number of carbonyl (C=O) groups is 5. The van der Waals surface area contributed by atoms with Crippen LogP contribution < -0.4 is 21.3 Å². The molecule has 0 radical (unpaired) electrons. The number of urea groups is 1. The second-order valence-electron chi connectivity index (χ2n) is 16.6. The summed E-state index contributed by atoms with van der Waals surface area (Å²) in [6, 6.07) is -3.98. The van der Waals surface area contributed by atoms with Gasteiger partial charge in [0.2, 0.25) is 27.6 Å². The molecule has 4 fully saturated rings. The fourth-order valence-corrected chi connectivity index (χ4v) is 9.15. The molecule has 49 heavy (non-hydrogen) atoms. The Kier molecular flexibility index (Phi) is 12.3. The Hall–Kier alpha value is -3.00. The molecule has 0 bridgehead atoms. The van der Waals surface area contributed by atoms with E-state index in [1.807, 2.05) is 41.5 Å². The van der Waals surface area contributed by atoms with Crippen LogP contribution in [-0.4, -0.2) is 103 Å². The molecule has 276 valence electrons. The van der Waals surface area contributed by atoms with Gasteiger partial charge in [0.25, 0.3) is 5.91 Å². The summed E-state index contributed by atoms with van der Waals surface area (Å²) in [6.45, 7) is 15.9. The number of ketones is 1. The zero-order valence-corrected chi connectivity index (χ0v) is 31.0. The van der Waals surface area contributed by atoms with Crippen LogP contribution in [0, 0.1) is 28.6 Å². The van der Waals surface area contributed by atoms with Gasteiger partial charge in [0.1, 0.15) is 12.1 Å². The van der Waals surface area contributed by atoms with Crippen LogP contribution in [0.2, 0.25) is 0 Å². The molecule has 4 N–H and O–H groups in total. The van der Waals surface area contributed by atoms with Crippen LogP contribution in [0.5, 0.6) is 0 Å². The number of nitrogens with zero attached hydrogens (tertiary/aromatic N) is 2. The van der Waals surface area contributed by atoms with Crippen molar-refractivity contribution in [1.29, 1.82) is 0 Å². The van der Waals surface area contributed by atoms with Gasteiger partial charge < -0.3 is 26.2 Å². The Balaban J connectivity index is 1.53. The number of Topliss-reactive ketones (excluding diaryl/α,β-unsaturated/α-hetero) is 1. The van der Waals surface area contributed by atoms with Gasteiger partial charge >= 0.3 is 6.03 Å². The molecule has 4 rings (SSSR count). The second kappa shape index (κ2) is 15.5. The molecule has 2 saturated carbocycles. The lowest BCUT2D eigenvalue weighted by Gasteiger charge is -2.38. The Labute approximate surface area is 292 Å². The Morgan fingerprint density at radius 3 is 2.12 bits per heavy atom. The molecule has 2 heterocycles. The molecule has 4 aliphatic rings. The predicted molar refractivity (Wildman–Crippen MR) is 187 cm³/mol. The van der Waals surface area contributed by atoms with Gasteiger partial charge in [-0.15, -0.1) is 6.58 Å². The quantitative estimate of drug-likeness (QED) is 0.168. The number of hydrogen-bond donors (Lipinski definition) is 4. The van der Waals surface area contributed by atoms with E-state index in [0.717, 1.165) is 38.5 Å². The van der Waals surface area contributed by atoms with Crippen LogP contribution >= 0.6 is 0 Å². The van der Waals surface area contributed by atoms with Gasteiger partial charge in [-0.2, -0.15) is 4.31 Å². The van der Waals surface area contributed by atoms with Crippen molar-refractivity contribution < 1.29 is 32.4 Å². The maximum atomic E-state index is 14.5. The number of nitrogens with one attached hydrogen (secondary N) is 4. The summed E-state index contributed by atoms with van der Waals surface area (Å²) in [5.74, 6) is -1.99. The maximum absolute atomic E-state index is 14.5. The normalized spacial score (nSPS) is 25.8. The highest BCUT2D eigenvalue weighted by molar-refractivity contribution is 7.89. The molecule has 5 amide bonds. The zero-order chi connectivity index (χ0) is 36.3. The first-order chi connectivity index (χ1) is 22.8. The highest BCUT2D eigenvalue weighted by Crippen LogP contribution is 2.43. The largest absolute Gasteiger partial charge is 0.346 e. The van der Waals surface area contributed by atoms with E-state index in [1.54, 1.807) is 4.90 Å². The smallest absolute Gasteiger partial charge is 0.315 e. The van der Waals surface area contributed by atoms with E-state index in [2.05, 4.69) is 27.8 Å². The van der Waals surface area contributed by atoms with E-state index in [-0.39, 0.29) is 36.6 Å². The molecule has 0 aromatic heterocycles. The minimum atomic E-state index is -3.38. The zero-order valence-electron chi connectivity index (χ0n) is 30.2. The molecule has 14 heteroatoms. The number of amides is 5.